The fourth-order valence-corrected chi connectivity index (χ4v) is 6.35. The van der Waals surface area contributed by atoms with E-state index in [1.807, 2.05) is 25.1 Å². The highest BCUT2D eigenvalue weighted by Crippen LogP contribution is 2.63. The first-order valence-corrected chi connectivity index (χ1v) is 12.2. The number of aryl methyl sites for hydroxylation is 1. The van der Waals surface area contributed by atoms with E-state index in [-0.39, 0.29) is 11.2 Å². The van der Waals surface area contributed by atoms with Crippen molar-refractivity contribution in [3.05, 3.63) is 63.4 Å². The summed E-state index contributed by atoms with van der Waals surface area (Å²) in [5.41, 5.74) is 3.99. The highest BCUT2D eigenvalue weighted by Gasteiger charge is 2.57. The van der Waals surface area contributed by atoms with Gasteiger partial charge in [0.1, 0.15) is 5.83 Å². The summed E-state index contributed by atoms with van der Waals surface area (Å²) in [5, 5.41) is 10.2. The number of hydrogen-bond donors (Lipinski definition) is 1. The number of rotatable bonds is 6. The normalized spacial score (nSPS) is 27.1. The lowest BCUT2D eigenvalue weighted by atomic mass is 9.80. The summed E-state index contributed by atoms with van der Waals surface area (Å²) in [6.45, 7) is 4.64. The molecule has 0 amide bonds. The van der Waals surface area contributed by atoms with Crippen LogP contribution in [0.25, 0.3) is 11.9 Å². The van der Waals surface area contributed by atoms with E-state index < -0.39 is 11.4 Å². The largest absolute Gasteiger partial charge is 0.481 e. The van der Waals surface area contributed by atoms with Gasteiger partial charge in [0, 0.05) is 19.3 Å². The standard InChI is InChI=1S/C27H30ClFN2O2/c1-18-3-2-4-20(24(18)28)13-22(29)23-14-19-5-11-31(16-21(19)15-30-23)12-10-26-6-8-27(17-26,9-7-26)25(32)33/h2-4,13-15H,5-12,16-17H2,1H3,(H,32,33)/b22-13-. The van der Waals surface area contributed by atoms with Crippen molar-refractivity contribution in [1.82, 2.24) is 9.88 Å². The molecular formula is C27H30ClFN2O2. The SMILES string of the molecule is Cc1cccc(/C=C(\F)c2cc3c(cn2)CN(CCC24CCC(C(=O)O)(CC2)C4)CC3)c1Cl. The molecule has 0 atom stereocenters. The Balaban J connectivity index is 1.24. The monoisotopic (exact) mass is 468 g/mol. The van der Waals surface area contributed by atoms with Crippen molar-refractivity contribution >= 4 is 29.5 Å². The van der Waals surface area contributed by atoms with E-state index in [0.29, 0.717) is 16.3 Å². The molecule has 174 valence electrons. The lowest BCUT2D eigenvalue weighted by Crippen LogP contribution is -2.34. The van der Waals surface area contributed by atoms with Gasteiger partial charge in [-0.2, -0.15) is 0 Å². The number of fused-ring (bicyclic) bond motifs is 3. The van der Waals surface area contributed by atoms with Gasteiger partial charge in [-0.25, -0.2) is 4.39 Å². The van der Waals surface area contributed by atoms with Crippen molar-refractivity contribution in [3.8, 4) is 0 Å². The lowest BCUT2D eigenvalue weighted by molar-refractivity contribution is -0.148. The van der Waals surface area contributed by atoms with Gasteiger partial charge >= 0.3 is 5.97 Å². The predicted molar refractivity (Wildman–Crippen MR) is 129 cm³/mol. The Kier molecular flexibility index (Phi) is 5.82. The lowest BCUT2D eigenvalue weighted by Gasteiger charge is -2.33. The molecule has 2 saturated carbocycles. The number of carboxylic acid groups (broad SMARTS) is 1. The van der Waals surface area contributed by atoms with Gasteiger partial charge in [-0.3, -0.25) is 14.7 Å². The zero-order valence-corrected chi connectivity index (χ0v) is 19.8. The van der Waals surface area contributed by atoms with Crippen LogP contribution in [0.3, 0.4) is 0 Å². The third-order valence-corrected chi connectivity index (χ3v) is 8.83. The molecule has 2 bridgehead atoms. The summed E-state index contributed by atoms with van der Waals surface area (Å²) in [6.07, 6.45) is 9.82. The molecule has 4 nitrogen and oxygen atoms in total. The van der Waals surface area contributed by atoms with Crippen LogP contribution in [0.4, 0.5) is 4.39 Å². The second kappa shape index (κ2) is 8.52. The molecule has 5 rings (SSSR count). The summed E-state index contributed by atoms with van der Waals surface area (Å²) < 4.78 is 14.9. The number of halogens is 2. The first-order valence-electron chi connectivity index (χ1n) is 11.9. The minimum absolute atomic E-state index is 0.214. The second-order valence-corrected chi connectivity index (χ2v) is 10.7. The van der Waals surface area contributed by atoms with Gasteiger partial charge < -0.3 is 5.11 Å². The van der Waals surface area contributed by atoms with Crippen LogP contribution >= 0.6 is 11.6 Å². The third-order valence-electron chi connectivity index (χ3n) is 8.32. The Morgan fingerprint density at radius 3 is 2.79 bits per heavy atom. The molecule has 1 N–H and O–H groups in total. The van der Waals surface area contributed by atoms with Gasteiger partial charge in [-0.15, -0.1) is 0 Å². The highest BCUT2D eigenvalue weighted by molar-refractivity contribution is 6.33. The molecule has 1 aromatic carbocycles. The average Bonchev–Trinajstić information content (AvgIpc) is 3.39. The molecule has 0 unspecified atom stereocenters. The zero-order chi connectivity index (χ0) is 23.2. The van der Waals surface area contributed by atoms with Crippen LogP contribution in [0, 0.1) is 17.8 Å². The van der Waals surface area contributed by atoms with Gasteiger partial charge in [0.25, 0.3) is 0 Å². The number of carbonyl (C=O) groups is 1. The maximum Gasteiger partial charge on any atom is 0.309 e. The molecular weight excluding hydrogens is 439 g/mol. The maximum absolute atomic E-state index is 14.9. The van der Waals surface area contributed by atoms with E-state index in [9.17, 15) is 14.3 Å². The molecule has 2 fully saturated rings. The van der Waals surface area contributed by atoms with E-state index in [4.69, 9.17) is 11.6 Å². The first-order chi connectivity index (χ1) is 15.8. The molecule has 0 saturated heterocycles. The van der Waals surface area contributed by atoms with Crippen LogP contribution < -0.4 is 0 Å². The van der Waals surface area contributed by atoms with Gasteiger partial charge in [0.15, 0.2) is 0 Å². The number of aliphatic carboxylic acids is 1. The van der Waals surface area contributed by atoms with Crippen LogP contribution in [-0.4, -0.2) is 34.0 Å². The number of nitrogens with zero attached hydrogens (tertiary/aromatic N) is 2. The number of benzene rings is 1. The van der Waals surface area contributed by atoms with Crippen LogP contribution in [0.1, 0.15) is 66.5 Å². The topological polar surface area (TPSA) is 53.4 Å². The zero-order valence-electron chi connectivity index (χ0n) is 19.0. The molecule has 0 radical (unpaired) electrons. The van der Waals surface area contributed by atoms with Crippen LogP contribution in [0.2, 0.25) is 5.02 Å². The molecule has 6 heteroatoms. The number of aromatic nitrogens is 1. The number of hydrogen-bond acceptors (Lipinski definition) is 3. The second-order valence-electron chi connectivity index (χ2n) is 10.3. The summed E-state index contributed by atoms with van der Waals surface area (Å²) in [6, 6.07) is 7.45. The first kappa shape index (κ1) is 22.5. The van der Waals surface area contributed by atoms with Gasteiger partial charge in [-0.1, -0.05) is 29.8 Å². The van der Waals surface area contributed by atoms with Crippen molar-refractivity contribution in [2.45, 2.75) is 58.4 Å². The molecule has 2 aromatic rings. The van der Waals surface area contributed by atoms with Crippen molar-refractivity contribution in [2.24, 2.45) is 10.8 Å². The van der Waals surface area contributed by atoms with Crippen molar-refractivity contribution in [1.29, 1.82) is 0 Å². The molecule has 3 aliphatic rings. The fraction of sp³-hybridized carbons (Fsp3) is 0.481. The Morgan fingerprint density at radius 1 is 1.27 bits per heavy atom. The number of carboxylic acids is 1. The van der Waals surface area contributed by atoms with Crippen molar-refractivity contribution in [3.63, 3.8) is 0 Å². The van der Waals surface area contributed by atoms with Gasteiger partial charge in [0.05, 0.1) is 16.1 Å². The Hall–Kier alpha value is -2.24. The molecule has 1 aliphatic heterocycles. The quantitative estimate of drug-likeness (QED) is 0.541. The highest BCUT2D eigenvalue weighted by atomic mass is 35.5. The smallest absolute Gasteiger partial charge is 0.309 e. The van der Waals surface area contributed by atoms with Crippen LogP contribution in [0.5, 0.6) is 0 Å². The van der Waals surface area contributed by atoms with E-state index >= 15 is 0 Å². The minimum Gasteiger partial charge on any atom is -0.481 e. The Labute approximate surface area is 199 Å². The van der Waals surface area contributed by atoms with E-state index in [1.54, 1.807) is 12.3 Å². The molecule has 2 aliphatic carbocycles. The summed E-state index contributed by atoms with van der Waals surface area (Å²) in [7, 11) is 0. The van der Waals surface area contributed by atoms with Crippen LogP contribution in [-0.2, 0) is 17.8 Å². The minimum atomic E-state index is -0.596. The Morgan fingerprint density at radius 2 is 2.06 bits per heavy atom. The molecule has 0 spiro atoms. The summed E-state index contributed by atoms with van der Waals surface area (Å²) in [4.78, 5) is 18.6. The van der Waals surface area contributed by atoms with Crippen LogP contribution in [0.15, 0.2) is 30.5 Å². The average molecular weight is 469 g/mol. The third kappa shape index (κ3) is 4.22. The van der Waals surface area contributed by atoms with E-state index in [0.717, 1.165) is 81.3 Å². The molecule has 2 heterocycles. The fourth-order valence-electron chi connectivity index (χ4n) is 6.17. The van der Waals surface area contributed by atoms with E-state index in [1.165, 1.54) is 6.08 Å². The van der Waals surface area contributed by atoms with Gasteiger partial charge in [0.2, 0.25) is 0 Å². The molecule has 33 heavy (non-hydrogen) atoms. The summed E-state index contributed by atoms with van der Waals surface area (Å²) >= 11 is 6.31. The van der Waals surface area contributed by atoms with Crippen molar-refractivity contribution in [2.75, 3.05) is 13.1 Å². The predicted octanol–water partition coefficient (Wildman–Crippen LogP) is 6.29. The Bertz CT molecular complexity index is 1120. The van der Waals surface area contributed by atoms with Crippen molar-refractivity contribution < 1.29 is 14.3 Å². The molecule has 1 aromatic heterocycles. The maximum atomic E-state index is 14.9. The summed E-state index contributed by atoms with van der Waals surface area (Å²) in [5.74, 6) is -0.974. The van der Waals surface area contributed by atoms with E-state index in [2.05, 4.69) is 9.88 Å². The number of pyridine rings is 1. The van der Waals surface area contributed by atoms with Gasteiger partial charge in [-0.05, 0) is 98.2 Å².